The molecule has 2 heterocycles. The number of amides is 1. The van der Waals surface area contributed by atoms with Crippen LogP contribution < -0.4 is 0 Å². The first-order valence-electron chi connectivity index (χ1n) is 9.16. The van der Waals surface area contributed by atoms with Gasteiger partial charge in [0.1, 0.15) is 0 Å². The number of carbonyl (C=O) groups is 1. The van der Waals surface area contributed by atoms with Crippen LogP contribution in [0.25, 0.3) is 17.0 Å². The molecule has 9 heteroatoms. The molecule has 1 aliphatic heterocycles. The second-order valence-electron chi connectivity index (χ2n) is 6.55. The van der Waals surface area contributed by atoms with Crippen LogP contribution in [0.3, 0.4) is 0 Å². The number of benzene rings is 2. The smallest absolute Gasteiger partial charge is 0.282 e. The van der Waals surface area contributed by atoms with Crippen molar-refractivity contribution in [3.8, 4) is 0 Å². The average molecular weight is 514 g/mol. The number of sulfonamides is 1. The standard InChI is InChI=1S/C22H16BrN3O3S2/c1-2-13-26-21(27)20(14-17-10-7-15-5-3-4-6-19(15)24-17)30-22(26)25-31(28,29)18-11-8-16(23)9-12-18/h2-12,14H,1,13H2. The lowest BCUT2D eigenvalue weighted by molar-refractivity contribution is -0.121. The second-order valence-corrected chi connectivity index (χ2v) is 10.1. The molecule has 0 aliphatic carbocycles. The number of fused-ring (bicyclic) bond motifs is 1. The largest absolute Gasteiger partial charge is 0.284 e. The van der Waals surface area contributed by atoms with E-state index in [1.54, 1.807) is 18.2 Å². The molecule has 1 aliphatic rings. The lowest BCUT2D eigenvalue weighted by Crippen LogP contribution is -2.29. The first-order valence-corrected chi connectivity index (χ1v) is 12.2. The number of hydrogen-bond acceptors (Lipinski definition) is 5. The molecule has 0 radical (unpaired) electrons. The fourth-order valence-corrected chi connectivity index (χ4v) is 5.36. The van der Waals surface area contributed by atoms with Crippen molar-refractivity contribution < 1.29 is 13.2 Å². The Bertz CT molecular complexity index is 1350. The summed E-state index contributed by atoms with van der Waals surface area (Å²) < 4.78 is 30.2. The van der Waals surface area contributed by atoms with E-state index >= 15 is 0 Å². The van der Waals surface area contributed by atoms with Gasteiger partial charge in [0, 0.05) is 16.4 Å². The molecule has 4 rings (SSSR count). The van der Waals surface area contributed by atoms with Crippen molar-refractivity contribution >= 4 is 65.8 Å². The number of aromatic nitrogens is 1. The Morgan fingerprint density at radius 3 is 2.58 bits per heavy atom. The Kier molecular flexibility index (Phi) is 6.08. The maximum Gasteiger partial charge on any atom is 0.284 e. The van der Waals surface area contributed by atoms with E-state index in [1.165, 1.54) is 23.1 Å². The molecular formula is C22H16BrN3O3S2. The van der Waals surface area contributed by atoms with Crippen LogP contribution in [0.15, 0.2) is 92.0 Å². The minimum atomic E-state index is -3.98. The van der Waals surface area contributed by atoms with Crippen molar-refractivity contribution in [3.63, 3.8) is 0 Å². The van der Waals surface area contributed by atoms with Crippen LogP contribution in [0, 0.1) is 0 Å². The summed E-state index contributed by atoms with van der Waals surface area (Å²) in [6.45, 7) is 3.80. The van der Waals surface area contributed by atoms with E-state index in [1.807, 2.05) is 36.4 Å². The minimum Gasteiger partial charge on any atom is -0.282 e. The van der Waals surface area contributed by atoms with Gasteiger partial charge in [-0.05, 0) is 54.2 Å². The van der Waals surface area contributed by atoms with E-state index in [0.29, 0.717) is 10.6 Å². The Labute approximate surface area is 192 Å². The lowest BCUT2D eigenvalue weighted by atomic mass is 10.2. The summed E-state index contributed by atoms with van der Waals surface area (Å²) in [5.74, 6) is -0.343. The Balaban J connectivity index is 1.71. The number of pyridine rings is 1. The number of hydrogen-bond donors (Lipinski definition) is 0. The molecule has 1 amide bonds. The monoisotopic (exact) mass is 513 g/mol. The van der Waals surface area contributed by atoms with Gasteiger partial charge in [0.15, 0.2) is 5.17 Å². The first-order chi connectivity index (χ1) is 14.9. The molecular weight excluding hydrogens is 498 g/mol. The summed E-state index contributed by atoms with van der Waals surface area (Å²) in [5, 5.41) is 1.08. The predicted molar refractivity (Wildman–Crippen MR) is 128 cm³/mol. The Morgan fingerprint density at radius 1 is 1.10 bits per heavy atom. The number of rotatable bonds is 5. The van der Waals surface area contributed by atoms with Crippen LogP contribution in [0.5, 0.6) is 0 Å². The molecule has 0 unspecified atom stereocenters. The van der Waals surface area contributed by atoms with Crippen molar-refractivity contribution in [1.82, 2.24) is 9.88 Å². The highest BCUT2D eigenvalue weighted by Gasteiger charge is 2.34. The summed E-state index contributed by atoms with van der Waals surface area (Å²) in [6.07, 6.45) is 3.17. The predicted octanol–water partition coefficient (Wildman–Crippen LogP) is 4.84. The normalized spacial score (nSPS) is 17.1. The molecule has 2 aromatic carbocycles. The molecule has 1 fully saturated rings. The summed E-state index contributed by atoms with van der Waals surface area (Å²) in [7, 11) is -3.98. The summed E-state index contributed by atoms with van der Waals surface area (Å²) in [4.78, 5) is 19.2. The maximum absolute atomic E-state index is 12.9. The van der Waals surface area contributed by atoms with Gasteiger partial charge in [-0.3, -0.25) is 9.69 Å². The van der Waals surface area contributed by atoms with Gasteiger partial charge in [0.2, 0.25) is 0 Å². The van der Waals surface area contributed by atoms with Crippen LogP contribution in [0.1, 0.15) is 5.69 Å². The SMILES string of the molecule is C=CCN1C(=O)C(=Cc2ccc3ccccc3n2)SC1=NS(=O)(=O)c1ccc(Br)cc1. The zero-order valence-corrected chi connectivity index (χ0v) is 19.3. The van der Waals surface area contributed by atoms with E-state index in [0.717, 1.165) is 27.1 Å². The van der Waals surface area contributed by atoms with Crippen molar-refractivity contribution in [2.75, 3.05) is 6.54 Å². The zero-order valence-electron chi connectivity index (χ0n) is 16.1. The minimum absolute atomic E-state index is 0.0448. The van der Waals surface area contributed by atoms with Gasteiger partial charge in [-0.2, -0.15) is 8.42 Å². The molecule has 1 saturated heterocycles. The zero-order chi connectivity index (χ0) is 22.0. The maximum atomic E-state index is 12.9. The number of carbonyl (C=O) groups excluding carboxylic acids is 1. The fraction of sp³-hybridized carbons (Fsp3) is 0.0455. The van der Waals surface area contributed by atoms with Crippen molar-refractivity contribution in [2.45, 2.75) is 4.90 Å². The topological polar surface area (TPSA) is 79.7 Å². The molecule has 6 nitrogen and oxygen atoms in total. The average Bonchev–Trinajstić information content (AvgIpc) is 3.02. The van der Waals surface area contributed by atoms with E-state index in [-0.39, 0.29) is 22.5 Å². The van der Waals surface area contributed by atoms with E-state index in [9.17, 15) is 13.2 Å². The molecule has 3 aromatic rings. The van der Waals surface area contributed by atoms with Crippen LogP contribution >= 0.6 is 27.7 Å². The highest BCUT2D eigenvalue weighted by Crippen LogP contribution is 2.33. The third-order valence-electron chi connectivity index (χ3n) is 4.41. The van der Waals surface area contributed by atoms with Crippen LogP contribution in [0.4, 0.5) is 0 Å². The fourth-order valence-electron chi connectivity index (χ4n) is 2.92. The Hall–Kier alpha value is -2.75. The molecule has 0 spiro atoms. The quantitative estimate of drug-likeness (QED) is 0.360. The van der Waals surface area contributed by atoms with Crippen LogP contribution in [-0.2, 0) is 14.8 Å². The number of halogens is 1. The molecule has 31 heavy (non-hydrogen) atoms. The van der Waals surface area contributed by atoms with E-state index in [2.05, 4.69) is 31.9 Å². The van der Waals surface area contributed by atoms with Gasteiger partial charge in [0.25, 0.3) is 15.9 Å². The first kappa shape index (κ1) is 21.5. The van der Waals surface area contributed by atoms with Gasteiger partial charge in [-0.1, -0.05) is 46.3 Å². The molecule has 0 atom stereocenters. The summed E-state index contributed by atoms with van der Waals surface area (Å²) in [5.41, 5.74) is 1.41. The van der Waals surface area contributed by atoms with Crippen molar-refractivity contribution in [3.05, 3.63) is 88.4 Å². The van der Waals surface area contributed by atoms with Crippen molar-refractivity contribution in [2.24, 2.45) is 4.40 Å². The highest BCUT2D eigenvalue weighted by molar-refractivity contribution is 9.10. The lowest BCUT2D eigenvalue weighted by Gasteiger charge is -2.12. The number of para-hydroxylation sites is 1. The van der Waals surface area contributed by atoms with Crippen LogP contribution in [0.2, 0.25) is 0 Å². The van der Waals surface area contributed by atoms with Gasteiger partial charge in [0.05, 0.1) is 21.0 Å². The summed E-state index contributed by atoms with van der Waals surface area (Å²) >= 11 is 4.28. The molecule has 0 saturated carbocycles. The number of amidine groups is 1. The number of nitrogens with zero attached hydrogens (tertiary/aromatic N) is 3. The third-order valence-corrected chi connectivity index (χ3v) is 7.34. The third kappa shape index (κ3) is 4.63. The second kappa shape index (κ2) is 8.78. The summed E-state index contributed by atoms with van der Waals surface area (Å²) in [6, 6.07) is 17.6. The van der Waals surface area contributed by atoms with Gasteiger partial charge in [-0.25, -0.2) is 4.98 Å². The van der Waals surface area contributed by atoms with Gasteiger partial charge < -0.3 is 0 Å². The van der Waals surface area contributed by atoms with E-state index < -0.39 is 10.0 Å². The molecule has 0 bridgehead atoms. The van der Waals surface area contributed by atoms with Crippen molar-refractivity contribution in [1.29, 1.82) is 0 Å². The molecule has 1 aromatic heterocycles. The molecule has 156 valence electrons. The Morgan fingerprint density at radius 2 is 1.84 bits per heavy atom. The van der Waals surface area contributed by atoms with Gasteiger partial charge >= 0.3 is 0 Å². The van der Waals surface area contributed by atoms with Crippen LogP contribution in [-0.4, -0.2) is 35.9 Å². The number of thioether (sulfide) groups is 1. The van der Waals surface area contributed by atoms with E-state index in [4.69, 9.17) is 0 Å². The molecule has 0 N–H and O–H groups in total. The van der Waals surface area contributed by atoms with Gasteiger partial charge in [-0.15, -0.1) is 11.0 Å². The highest BCUT2D eigenvalue weighted by atomic mass is 79.9.